The van der Waals surface area contributed by atoms with E-state index in [1.165, 1.54) is 5.56 Å². The number of carbonyl (C=O) groups excluding carboxylic acids is 1. The van der Waals surface area contributed by atoms with Gasteiger partial charge in [-0.2, -0.15) is 0 Å². The molecule has 1 amide bonds. The second kappa shape index (κ2) is 9.64. The summed E-state index contributed by atoms with van der Waals surface area (Å²) in [6, 6.07) is 24.5. The third-order valence-electron chi connectivity index (χ3n) is 3.82. The fourth-order valence-corrected chi connectivity index (χ4v) is 2.69. The minimum atomic E-state index is -0.267. The summed E-state index contributed by atoms with van der Waals surface area (Å²) in [4.78, 5) is 12.1. The number of halogens is 1. The van der Waals surface area contributed by atoms with Crippen LogP contribution < -0.4 is 14.8 Å². The van der Waals surface area contributed by atoms with Gasteiger partial charge in [0.25, 0.3) is 5.91 Å². The third kappa shape index (κ3) is 6.04. The minimum Gasteiger partial charge on any atom is -0.493 e. The van der Waals surface area contributed by atoms with Crippen molar-refractivity contribution in [3.05, 3.63) is 89.4 Å². The van der Waals surface area contributed by atoms with Crippen LogP contribution in [0.3, 0.4) is 0 Å². The third-order valence-corrected chi connectivity index (χ3v) is 4.13. The van der Waals surface area contributed by atoms with E-state index >= 15 is 0 Å². The topological polar surface area (TPSA) is 47.6 Å². The highest BCUT2D eigenvalue weighted by molar-refractivity contribution is 6.32. The first-order valence-electron chi connectivity index (χ1n) is 8.65. The molecule has 0 heterocycles. The van der Waals surface area contributed by atoms with Crippen LogP contribution in [0.5, 0.6) is 11.5 Å². The summed E-state index contributed by atoms with van der Waals surface area (Å²) in [5.41, 5.74) is 1.87. The van der Waals surface area contributed by atoms with Crippen molar-refractivity contribution in [2.24, 2.45) is 0 Å². The number of hydrogen-bond acceptors (Lipinski definition) is 3. The van der Waals surface area contributed by atoms with E-state index in [0.717, 1.165) is 6.42 Å². The summed E-state index contributed by atoms with van der Waals surface area (Å²) in [6.07, 6.45) is 0.823. The highest BCUT2D eigenvalue weighted by atomic mass is 35.5. The van der Waals surface area contributed by atoms with Crippen molar-refractivity contribution in [2.45, 2.75) is 6.42 Å². The number of ether oxygens (including phenoxy) is 2. The average molecular weight is 382 g/mol. The summed E-state index contributed by atoms with van der Waals surface area (Å²) in [5.74, 6) is 0.916. The molecule has 0 spiro atoms. The first-order chi connectivity index (χ1) is 13.2. The maximum Gasteiger partial charge on any atom is 0.262 e. The highest BCUT2D eigenvalue weighted by Gasteiger charge is 2.07. The van der Waals surface area contributed by atoms with Gasteiger partial charge in [-0.3, -0.25) is 4.79 Å². The predicted molar refractivity (Wildman–Crippen MR) is 108 cm³/mol. The van der Waals surface area contributed by atoms with Crippen LogP contribution in [0.1, 0.15) is 5.56 Å². The molecule has 3 aromatic carbocycles. The molecule has 0 fully saturated rings. The van der Waals surface area contributed by atoms with E-state index in [0.29, 0.717) is 28.8 Å². The van der Waals surface area contributed by atoms with Crippen molar-refractivity contribution in [1.29, 1.82) is 0 Å². The molecule has 4 nitrogen and oxygen atoms in total. The average Bonchev–Trinajstić information content (AvgIpc) is 2.68. The Hall–Kier alpha value is -2.98. The lowest BCUT2D eigenvalue weighted by atomic mass is 10.2. The number of hydrogen-bond donors (Lipinski definition) is 1. The SMILES string of the molecule is O=C(COc1ccccc1Cl)Nc1cccc(OCCc2ccccc2)c1. The number of nitrogens with one attached hydrogen (secondary N) is 1. The number of anilines is 1. The van der Waals surface area contributed by atoms with Crippen LogP contribution in [0.2, 0.25) is 5.02 Å². The monoisotopic (exact) mass is 381 g/mol. The molecule has 0 unspecified atom stereocenters. The van der Waals surface area contributed by atoms with Crippen molar-refractivity contribution < 1.29 is 14.3 Å². The Bertz CT molecular complexity index is 883. The lowest BCUT2D eigenvalue weighted by Gasteiger charge is -2.10. The van der Waals surface area contributed by atoms with Crippen LogP contribution in [0.15, 0.2) is 78.9 Å². The van der Waals surface area contributed by atoms with Gasteiger partial charge in [-0.15, -0.1) is 0 Å². The van der Waals surface area contributed by atoms with Crippen molar-refractivity contribution in [3.8, 4) is 11.5 Å². The van der Waals surface area contributed by atoms with Gasteiger partial charge < -0.3 is 14.8 Å². The van der Waals surface area contributed by atoms with Crippen LogP contribution in [0, 0.1) is 0 Å². The molecular weight excluding hydrogens is 362 g/mol. The van der Waals surface area contributed by atoms with E-state index in [9.17, 15) is 4.79 Å². The van der Waals surface area contributed by atoms with Crippen LogP contribution in [-0.2, 0) is 11.2 Å². The van der Waals surface area contributed by atoms with E-state index in [-0.39, 0.29) is 12.5 Å². The molecule has 0 aliphatic carbocycles. The first kappa shape index (κ1) is 18.8. The van der Waals surface area contributed by atoms with Gasteiger partial charge in [0.2, 0.25) is 0 Å². The molecule has 1 N–H and O–H groups in total. The molecule has 138 valence electrons. The largest absolute Gasteiger partial charge is 0.493 e. The van der Waals surface area contributed by atoms with Gasteiger partial charge in [-0.05, 0) is 29.8 Å². The van der Waals surface area contributed by atoms with E-state index in [2.05, 4.69) is 17.4 Å². The Morgan fingerprint density at radius 1 is 0.889 bits per heavy atom. The van der Waals surface area contributed by atoms with Crippen LogP contribution in [0.25, 0.3) is 0 Å². The Morgan fingerprint density at radius 3 is 2.48 bits per heavy atom. The zero-order valence-corrected chi connectivity index (χ0v) is 15.5. The van der Waals surface area contributed by atoms with E-state index < -0.39 is 0 Å². The quantitative estimate of drug-likeness (QED) is 0.598. The lowest BCUT2D eigenvalue weighted by Crippen LogP contribution is -2.20. The molecule has 0 aromatic heterocycles. The maximum absolute atomic E-state index is 12.1. The van der Waals surface area contributed by atoms with Gasteiger partial charge in [0.15, 0.2) is 6.61 Å². The minimum absolute atomic E-state index is 0.122. The van der Waals surface area contributed by atoms with Crippen molar-refractivity contribution in [3.63, 3.8) is 0 Å². The van der Waals surface area contributed by atoms with Crippen molar-refractivity contribution in [1.82, 2.24) is 0 Å². The lowest BCUT2D eigenvalue weighted by molar-refractivity contribution is -0.118. The number of para-hydroxylation sites is 1. The fraction of sp³-hybridized carbons (Fsp3) is 0.136. The maximum atomic E-state index is 12.1. The molecular formula is C22H20ClNO3. The van der Waals surface area contributed by atoms with E-state index in [4.69, 9.17) is 21.1 Å². The zero-order chi connectivity index (χ0) is 18.9. The summed E-state index contributed by atoms with van der Waals surface area (Å²) in [7, 11) is 0. The Morgan fingerprint density at radius 2 is 1.67 bits per heavy atom. The Balaban J connectivity index is 1.48. The van der Waals surface area contributed by atoms with Gasteiger partial charge in [-0.1, -0.05) is 60.1 Å². The second-order valence-corrected chi connectivity index (χ2v) is 6.29. The number of amides is 1. The van der Waals surface area contributed by atoms with Gasteiger partial charge in [0, 0.05) is 18.2 Å². The molecule has 0 saturated heterocycles. The number of rotatable bonds is 8. The Kier molecular flexibility index (Phi) is 6.72. The first-order valence-corrected chi connectivity index (χ1v) is 9.02. The standard InChI is InChI=1S/C22H20ClNO3/c23-20-11-4-5-12-21(20)27-16-22(25)24-18-9-6-10-19(15-18)26-14-13-17-7-2-1-3-8-17/h1-12,15H,13-14,16H2,(H,24,25). The van der Waals surface area contributed by atoms with Crippen LogP contribution in [-0.4, -0.2) is 19.1 Å². The van der Waals surface area contributed by atoms with Gasteiger partial charge >= 0.3 is 0 Å². The summed E-state index contributed by atoms with van der Waals surface area (Å²) >= 11 is 6.01. The van der Waals surface area contributed by atoms with Crippen molar-refractivity contribution >= 4 is 23.2 Å². The fourth-order valence-electron chi connectivity index (χ4n) is 2.50. The molecule has 0 aliphatic rings. The van der Waals surface area contributed by atoms with E-state index in [1.54, 1.807) is 36.4 Å². The molecule has 0 atom stereocenters. The summed E-state index contributed by atoms with van der Waals surface area (Å²) < 4.78 is 11.2. The number of benzene rings is 3. The van der Waals surface area contributed by atoms with Gasteiger partial charge in [-0.25, -0.2) is 0 Å². The molecule has 0 bridgehead atoms. The molecule has 27 heavy (non-hydrogen) atoms. The number of carbonyl (C=O) groups is 1. The smallest absolute Gasteiger partial charge is 0.262 e. The van der Waals surface area contributed by atoms with Crippen LogP contribution >= 0.6 is 11.6 Å². The molecule has 3 rings (SSSR count). The van der Waals surface area contributed by atoms with Gasteiger partial charge in [0.05, 0.1) is 11.6 Å². The summed E-state index contributed by atoms with van der Waals surface area (Å²) in [5, 5.41) is 3.26. The summed E-state index contributed by atoms with van der Waals surface area (Å²) in [6.45, 7) is 0.444. The van der Waals surface area contributed by atoms with Crippen LogP contribution in [0.4, 0.5) is 5.69 Å². The van der Waals surface area contributed by atoms with Gasteiger partial charge in [0.1, 0.15) is 11.5 Å². The molecule has 5 heteroatoms. The van der Waals surface area contributed by atoms with E-state index in [1.807, 2.05) is 30.3 Å². The molecule has 3 aromatic rings. The Labute approximate surface area is 163 Å². The zero-order valence-electron chi connectivity index (χ0n) is 14.7. The van der Waals surface area contributed by atoms with Crippen molar-refractivity contribution in [2.75, 3.05) is 18.5 Å². The molecule has 0 aliphatic heterocycles. The molecule has 0 radical (unpaired) electrons. The predicted octanol–water partition coefficient (Wildman–Crippen LogP) is 4.98. The highest BCUT2D eigenvalue weighted by Crippen LogP contribution is 2.23. The normalized spacial score (nSPS) is 10.3. The second-order valence-electron chi connectivity index (χ2n) is 5.88. The molecule has 0 saturated carbocycles.